The third-order valence-electron chi connectivity index (χ3n) is 5.01. The highest BCUT2D eigenvalue weighted by atomic mass is 19.1. The van der Waals surface area contributed by atoms with E-state index >= 15 is 0 Å². The van der Waals surface area contributed by atoms with E-state index in [4.69, 9.17) is 4.74 Å². The molecule has 5 aromatic rings. The quantitative estimate of drug-likeness (QED) is 0.436. The van der Waals surface area contributed by atoms with Crippen LogP contribution in [-0.2, 0) is 13.7 Å². The molecule has 0 fully saturated rings. The molecule has 0 aliphatic rings. The normalized spacial score (nSPS) is 11.2. The fourth-order valence-corrected chi connectivity index (χ4v) is 3.46. The minimum atomic E-state index is -0.403. The van der Waals surface area contributed by atoms with Crippen LogP contribution in [0.1, 0.15) is 11.5 Å². The smallest absolute Gasteiger partial charge is 0.242 e. The van der Waals surface area contributed by atoms with Gasteiger partial charge >= 0.3 is 0 Å². The van der Waals surface area contributed by atoms with Gasteiger partial charge < -0.3 is 4.74 Å². The SMILES string of the molecule is Cc1nnc(-c2ccccc2F)n2nc(OCc3ncnn3C)c(-c3ccccc3)c12. The molecule has 154 valence electrons. The number of hydrogen-bond acceptors (Lipinski definition) is 6. The maximum atomic E-state index is 14.6. The first-order valence-electron chi connectivity index (χ1n) is 9.65. The topological polar surface area (TPSA) is 83.0 Å². The lowest BCUT2D eigenvalue weighted by Crippen LogP contribution is -2.05. The standard InChI is InChI=1S/C22H18FN7O/c1-14-20-19(15-8-4-3-5-9-15)22(31-12-18-24-13-25-29(18)2)28-30(20)21(27-26-14)16-10-6-7-11-17(16)23/h3-11,13H,12H2,1-2H3. The predicted molar refractivity (Wildman–Crippen MR) is 112 cm³/mol. The summed E-state index contributed by atoms with van der Waals surface area (Å²) in [5, 5.41) is 17.3. The molecule has 0 amide bonds. The molecular formula is C22H18FN7O. The zero-order valence-corrected chi connectivity index (χ0v) is 16.9. The molecule has 0 saturated heterocycles. The number of hydrogen-bond donors (Lipinski definition) is 0. The van der Waals surface area contributed by atoms with E-state index in [1.807, 2.05) is 37.3 Å². The third kappa shape index (κ3) is 3.29. The Morgan fingerprint density at radius 3 is 2.52 bits per heavy atom. The maximum absolute atomic E-state index is 14.6. The Morgan fingerprint density at radius 2 is 1.77 bits per heavy atom. The van der Waals surface area contributed by atoms with Crippen molar-refractivity contribution in [2.24, 2.45) is 7.05 Å². The second-order valence-corrected chi connectivity index (χ2v) is 6.98. The second-order valence-electron chi connectivity index (χ2n) is 6.98. The predicted octanol–water partition coefficient (Wildman–Crippen LogP) is 3.61. The summed E-state index contributed by atoms with van der Waals surface area (Å²) in [4.78, 5) is 4.20. The highest BCUT2D eigenvalue weighted by molar-refractivity contribution is 5.87. The summed E-state index contributed by atoms with van der Waals surface area (Å²) < 4.78 is 23.9. The molecular weight excluding hydrogens is 397 g/mol. The maximum Gasteiger partial charge on any atom is 0.242 e. The van der Waals surface area contributed by atoms with Crippen LogP contribution in [-0.4, -0.2) is 34.6 Å². The number of nitrogens with zero attached hydrogens (tertiary/aromatic N) is 7. The lowest BCUT2D eigenvalue weighted by Gasteiger charge is -2.07. The van der Waals surface area contributed by atoms with Crippen LogP contribution in [0.5, 0.6) is 5.88 Å². The van der Waals surface area contributed by atoms with Gasteiger partial charge in [0.05, 0.1) is 16.8 Å². The molecule has 0 N–H and O–H groups in total. The summed E-state index contributed by atoms with van der Waals surface area (Å²) in [7, 11) is 1.79. The van der Waals surface area contributed by atoms with Crippen LogP contribution < -0.4 is 4.74 Å². The number of aromatic nitrogens is 7. The molecule has 0 radical (unpaired) electrons. The Balaban J connectivity index is 1.73. The molecule has 0 unspecified atom stereocenters. The van der Waals surface area contributed by atoms with Gasteiger partial charge in [-0.25, -0.2) is 13.9 Å². The molecule has 2 aromatic carbocycles. The van der Waals surface area contributed by atoms with E-state index in [0.29, 0.717) is 34.3 Å². The summed E-state index contributed by atoms with van der Waals surface area (Å²) in [5.41, 5.74) is 3.32. The van der Waals surface area contributed by atoms with E-state index in [0.717, 1.165) is 11.1 Å². The van der Waals surface area contributed by atoms with Crippen molar-refractivity contribution in [3.8, 4) is 28.4 Å². The molecule has 0 spiro atoms. The van der Waals surface area contributed by atoms with E-state index in [1.165, 1.54) is 12.4 Å². The number of benzene rings is 2. The van der Waals surface area contributed by atoms with Gasteiger partial charge in [0, 0.05) is 7.05 Å². The van der Waals surface area contributed by atoms with Crippen LogP contribution >= 0.6 is 0 Å². The number of halogens is 1. The largest absolute Gasteiger partial charge is 0.468 e. The summed E-state index contributed by atoms with van der Waals surface area (Å²) in [6.07, 6.45) is 1.47. The Hall–Kier alpha value is -4.14. The van der Waals surface area contributed by atoms with Gasteiger partial charge in [-0.05, 0) is 24.6 Å². The number of aryl methyl sites for hydroxylation is 2. The van der Waals surface area contributed by atoms with Crippen LogP contribution in [0.2, 0.25) is 0 Å². The van der Waals surface area contributed by atoms with Crippen molar-refractivity contribution in [2.45, 2.75) is 13.5 Å². The fraction of sp³-hybridized carbons (Fsp3) is 0.136. The van der Waals surface area contributed by atoms with Crippen molar-refractivity contribution in [3.63, 3.8) is 0 Å². The Bertz CT molecular complexity index is 1380. The summed E-state index contributed by atoms with van der Waals surface area (Å²) in [6.45, 7) is 2.02. The highest BCUT2D eigenvalue weighted by Crippen LogP contribution is 2.37. The van der Waals surface area contributed by atoms with E-state index < -0.39 is 5.82 Å². The lowest BCUT2D eigenvalue weighted by atomic mass is 10.1. The Labute approximate surface area is 177 Å². The molecule has 0 aliphatic heterocycles. The van der Waals surface area contributed by atoms with E-state index in [1.54, 1.807) is 34.4 Å². The van der Waals surface area contributed by atoms with Gasteiger partial charge in [0.2, 0.25) is 5.88 Å². The molecule has 3 aromatic heterocycles. The van der Waals surface area contributed by atoms with E-state index in [-0.39, 0.29) is 6.61 Å². The number of ether oxygens (including phenoxy) is 1. The van der Waals surface area contributed by atoms with Crippen molar-refractivity contribution in [3.05, 3.63) is 78.3 Å². The lowest BCUT2D eigenvalue weighted by molar-refractivity contribution is 0.278. The average molecular weight is 415 g/mol. The zero-order chi connectivity index (χ0) is 21.4. The first-order valence-corrected chi connectivity index (χ1v) is 9.65. The third-order valence-corrected chi connectivity index (χ3v) is 5.01. The first-order chi connectivity index (χ1) is 15.1. The number of rotatable bonds is 5. The molecule has 0 atom stereocenters. The van der Waals surface area contributed by atoms with Gasteiger partial charge in [-0.15, -0.1) is 10.2 Å². The fourth-order valence-electron chi connectivity index (χ4n) is 3.46. The van der Waals surface area contributed by atoms with Gasteiger partial charge in [-0.2, -0.15) is 10.2 Å². The van der Waals surface area contributed by atoms with Gasteiger partial charge in [-0.1, -0.05) is 42.5 Å². The Kier molecular flexibility index (Phi) is 4.62. The van der Waals surface area contributed by atoms with Crippen molar-refractivity contribution in [2.75, 3.05) is 0 Å². The van der Waals surface area contributed by atoms with Crippen LogP contribution in [0.25, 0.3) is 28.0 Å². The van der Waals surface area contributed by atoms with E-state index in [2.05, 4.69) is 25.4 Å². The van der Waals surface area contributed by atoms with Crippen LogP contribution in [0.15, 0.2) is 60.9 Å². The molecule has 0 aliphatic carbocycles. The minimum absolute atomic E-state index is 0.176. The Morgan fingerprint density at radius 1 is 1.00 bits per heavy atom. The molecule has 0 saturated carbocycles. The number of fused-ring (bicyclic) bond motifs is 1. The van der Waals surface area contributed by atoms with Gasteiger partial charge in [0.15, 0.2) is 11.6 Å². The summed E-state index contributed by atoms with van der Waals surface area (Å²) in [6, 6.07) is 16.2. The minimum Gasteiger partial charge on any atom is -0.468 e. The van der Waals surface area contributed by atoms with Crippen molar-refractivity contribution in [1.82, 2.24) is 34.6 Å². The van der Waals surface area contributed by atoms with Gasteiger partial charge in [-0.3, -0.25) is 4.68 Å². The van der Waals surface area contributed by atoms with Gasteiger partial charge in [0.25, 0.3) is 0 Å². The van der Waals surface area contributed by atoms with Crippen molar-refractivity contribution in [1.29, 1.82) is 0 Å². The van der Waals surface area contributed by atoms with Crippen LogP contribution in [0.4, 0.5) is 4.39 Å². The molecule has 9 heteroatoms. The molecule has 3 heterocycles. The summed E-state index contributed by atoms with van der Waals surface area (Å²) in [5.74, 6) is 0.924. The molecule has 31 heavy (non-hydrogen) atoms. The first kappa shape index (κ1) is 18.9. The monoisotopic (exact) mass is 415 g/mol. The average Bonchev–Trinajstić information content (AvgIpc) is 3.37. The second kappa shape index (κ2) is 7.60. The van der Waals surface area contributed by atoms with Gasteiger partial charge in [0.1, 0.15) is 24.3 Å². The van der Waals surface area contributed by atoms with Crippen molar-refractivity contribution < 1.29 is 9.13 Å². The molecule has 5 rings (SSSR count). The van der Waals surface area contributed by atoms with Crippen LogP contribution in [0, 0.1) is 12.7 Å². The highest BCUT2D eigenvalue weighted by Gasteiger charge is 2.23. The zero-order valence-electron chi connectivity index (χ0n) is 16.9. The van der Waals surface area contributed by atoms with E-state index in [9.17, 15) is 4.39 Å². The molecule has 0 bridgehead atoms. The van der Waals surface area contributed by atoms with Crippen LogP contribution in [0.3, 0.4) is 0 Å². The van der Waals surface area contributed by atoms with Crippen molar-refractivity contribution >= 4 is 5.52 Å². The molecule has 8 nitrogen and oxygen atoms in total. The summed E-state index contributed by atoms with van der Waals surface area (Å²) >= 11 is 0.